The minimum Gasteiger partial charge on any atom is -0.358 e. The van der Waals surface area contributed by atoms with Gasteiger partial charge in [0.2, 0.25) is 0 Å². The molecule has 0 spiro atoms. The predicted molar refractivity (Wildman–Crippen MR) is 69.8 cm³/mol. The highest BCUT2D eigenvalue weighted by Crippen LogP contribution is 2.35. The number of nitrogens with zero attached hydrogens (tertiary/aromatic N) is 1. The van der Waals surface area contributed by atoms with Crippen LogP contribution in [0.15, 0.2) is 28.7 Å². The first-order valence-corrected chi connectivity index (χ1v) is 6.34. The number of carbonyl (C=O) groups is 1. The fourth-order valence-corrected chi connectivity index (χ4v) is 2.63. The fourth-order valence-electron chi connectivity index (χ4n) is 2.13. The summed E-state index contributed by atoms with van der Waals surface area (Å²) in [6.45, 7) is 4.91. The van der Waals surface area contributed by atoms with Crippen LogP contribution in [-0.4, -0.2) is 17.9 Å². The van der Waals surface area contributed by atoms with Gasteiger partial charge < -0.3 is 4.90 Å². The number of rotatable bonds is 1. The van der Waals surface area contributed by atoms with Crippen molar-refractivity contribution in [1.82, 2.24) is 0 Å². The largest absolute Gasteiger partial charge is 0.358 e. The van der Waals surface area contributed by atoms with Crippen LogP contribution in [0.5, 0.6) is 0 Å². The summed E-state index contributed by atoms with van der Waals surface area (Å²) in [5.74, 6) is 0.329. The Bertz CT molecular complexity index is 414. The molecule has 0 bridgehead atoms. The van der Waals surface area contributed by atoms with Gasteiger partial charge in [0.25, 0.3) is 0 Å². The number of carbonyl (C=O) groups excluding carboxylic acids is 1. The SMILES string of the molecule is CC1(C)CCC(=O)CN1c1ccccc1Br. The Morgan fingerprint density at radius 2 is 2.00 bits per heavy atom. The summed E-state index contributed by atoms with van der Waals surface area (Å²) in [7, 11) is 0. The summed E-state index contributed by atoms with van der Waals surface area (Å²) in [5, 5.41) is 0. The van der Waals surface area contributed by atoms with E-state index in [1.807, 2.05) is 18.2 Å². The smallest absolute Gasteiger partial charge is 0.152 e. The minimum atomic E-state index is 0.0534. The summed E-state index contributed by atoms with van der Waals surface area (Å²) in [5.41, 5.74) is 1.16. The van der Waals surface area contributed by atoms with Gasteiger partial charge in [-0.2, -0.15) is 0 Å². The van der Waals surface area contributed by atoms with Gasteiger partial charge in [0.05, 0.1) is 12.2 Å². The first-order valence-electron chi connectivity index (χ1n) is 5.54. The molecule has 0 atom stereocenters. The molecule has 16 heavy (non-hydrogen) atoms. The van der Waals surface area contributed by atoms with Gasteiger partial charge in [0, 0.05) is 16.4 Å². The van der Waals surface area contributed by atoms with Crippen molar-refractivity contribution in [3.8, 4) is 0 Å². The van der Waals surface area contributed by atoms with Crippen LogP contribution in [0.2, 0.25) is 0 Å². The summed E-state index contributed by atoms with van der Waals surface area (Å²) in [6.07, 6.45) is 1.63. The van der Waals surface area contributed by atoms with E-state index in [1.54, 1.807) is 0 Å². The maximum atomic E-state index is 11.6. The zero-order chi connectivity index (χ0) is 11.8. The highest BCUT2D eigenvalue weighted by Gasteiger charge is 2.34. The Balaban J connectivity index is 2.38. The number of benzene rings is 1. The van der Waals surface area contributed by atoms with E-state index in [0.717, 1.165) is 16.6 Å². The van der Waals surface area contributed by atoms with Crippen molar-refractivity contribution in [2.75, 3.05) is 11.4 Å². The summed E-state index contributed by atoms with van der Waals surface area (Å²) in [4.78, 5) is 13.8. The molecule has 0 radical (unpaired) electrons. The number of hydrogen-bond acceptors (Lipinski definition) is 2. The lowest BCUT2D eigenvalue weighted by atomic mass is 9.89. The van der Waals surface area contributed by atoms with Crippen molar-refractivity contribution < 1.29 is 4.79 Å². The van der Waals surface area contributed by atoms with Crippen LogP contribution >= 0.6 is 15.9 Å². The van der Waals surface area contributed by atoms with Crippen molar-refractivity contribution in [2.24, 2.45) is 0 Å². The van der Waals surface area contributed by atoms with E-state index in [-0.39, 0.29) is 5.54 Å². The summed E-state index contributed by atoms with van der Waals surface area (Å²) < 4.78 is 1.05. The van der Waals surface area contributed by atoms with Crippen LogP contribution in [0.25, 0.3) is 0 Å². The number of Topliss-reactive ketones (excluding diaryl/α,β-unsaturated/α-hetero) is 1. The highest BCUT2D eigenvalue weighted by atomic mass is 79.9. The molecule has 1 aromatic rings. The molecule has 3 heteroatoms. The highest BCUT2D eigenvalue weighted by molar-refractivity contribution is 9.10. The molecule has 1 aliphatic heterocycles. The van der Waals surface area contributed by atoms with Crippen LogP contribution in [-0.2, 0) is 4.79 Å². The molecule has 1 aromatic carbocycles. The van der Waals surface area contributed by atoms with E-state index in [9.17, 15) is 4.79 Å². The number of hydrogen-bond donors (Lipinski definition) is 0. The Labute approximate surface area is 105 Å². The zero-order valence-corrected chi connectivity index (χ0v) is 11.3. The Kier molecular flexibility index (Phi) is 3.06. The molecule has 2 rings (SSSR count). The average molecular weight is 282 g/mol. The number of anilines is 1. The molecule has 0 aliphatic carbocycles. The van der Waals surface area contributed by atoms with Crippen molar-refractivity contribution in [3.63, 3.8) is 0 Å². The van der Waals surface area contributed by atoms with Gasteiger partial charge in [0.15, 0.2) is 5.78 Å². The van der Waals surface area contributed by atoms with Crippen molar-refractivity contribution in [3.05, 3.63) is 28.7 Å². The van der Waals surface area contributed by atoms with E-state index < -0.39 is 0 Å². The van der Waals surface area contributed by atoms with E-state index >= 15 is 0 Å². The molecular formula is C13H16BrNO. The Morgan fingerprint density at radius 1 is 1.31 bits per heavy atom. The second kappa shape index (κ2) is 4.21. The van der Waals surface area contributed by atoms with Gasteiger partial charge in [-0.3, -0.25) is 4.79 Å². The second-order valence-electron chi connectivity index (χ2n) is 4.89. The monoisotopic (exact) mass is 281 g/mol. The predicted octanol–water partition coefficient (Wildman–Crippen LogP) is 3.40. The quantitative estimate of drug-likeness (QED) is 0.787. The van der Waals surface area contributed by atoms with Crippen molar-refractivity contribution in [1.29, 1.82) is 0 Å². The Morgan fingerprint density at radius 3 is 2.69 bits per heavy atom. The lowest BCUT2D eigenvalue weighted by Crippen LogP contribution is -2.51. The molecule has 0 unspecified atom stereocenters. The summed E-state index contributed by atoms with van der Waals surface area (Å²) in [6, 6.07) is 8.08. The molecule has 1 fully saturated rings. The molecule has 0 aromatic heterocycles. The average Bonchev–Trinajstić information content (AvgIpc) is 2.23. The van der Waals surface area contributed by atoms with Gasteiger partial charge in [-0.05, 0) is 48.3 Å². The molecule has 86 valence electrons. The minimum absolute atomic E-state index is 0.0534. The van der Waals surface area contributed by atoms with Crippen LogP contribution in [0.1, 0.15) is 26.7 Å². The molecule has 1 saturated heterocycles. The normalized spacial score (nSPS) is 19.9. The standard InChI is InChI=1S/C13H16BrNO/c1-13(2)8-7-10(16)9-15(13)12-6-4-3-5-11(12)14/h3-6H,7-9H2,1-2H3. The molecule has 0 amide bonds. The van der Waals surface area contributed by atoms with Crippen molar-refractivity contribution in [2.45, 2.75) is 32.2 Å². The van der Waals surface area contributed by atoms with Gasteiger partial charge in [-0.25, -0.2) is 0 Å². The number of ketones is 1. The van der Waals surface area contributed by atoms with E-state index in [4.69, 9.17) is 0 Å². The van der Waals surface area contributed by atoms with Gasteiger partial charge >= 0.3 is 0 Å². The van der Waals surface area contributed by atoms with Crippen molar-refractivity contribution >= 4 is 27.4 Å². The zero-order valence-electron chi connectivity index (χ0n) is 9.66. The molecular weight excluding hydrogens is 266 g/mol. The second-order valence-corrected chi connectivity index (χ2v) is 5.74. The third-order valence-corrected chi connectivity index (χ3v) is 3.89. The van der Waals surface area contributed by atoms with Crippen LogP contribution in [0, 0.1) is 0 Å². The van der Waals surface area contributed by atoms with Gasteiger partial charge in [0.1, 0.15) is 0 Å². The molecule has 1 aliphatic rings. The lowest BCUT2D eigenvalue weighted by molar-refractivity contribution is -0.119. The van der Waals surface area contributed by atoms with Crippen LogP contribution in [0.3, 0.4) is 0 Å². The maximum absolute atomic E-state index is 11.6. The molecule has 0 N–H and O–H groups in total. The van der Waals surface area contributed by atoms with E-state index in [0.29, 0.717) is 18.7 Å². The molecule has 0 saturated carbocycles. The van der Waals surface area contributed by atoms with E-state index in [1.165, 1.54) is 0 Å². The number of piperidine rings is 1. The molecule has 2 nitrogen and oxygen atoms in total. The van der Waals surface area contributed by atoms with Gasteiger partial charge in [-0.15, -0.1) is 0 Å². The lowest BCUT2D eigenvalue weighted by Gasteiger charge is -2.43. The fraction of sp³-hybridized carbons (Fsp3) is 0.462. The topological polar surface area (TPSA) is 20.3 Å². The van der Waals surface area contributed by atoms with Gasteiger partial charge in [-0.1, -0.05) is 12.1 Å². The van der Waals surface area contributed by atoms with E-state index in [2.05, 4.69) is 40.7 Å². The summed E-state index contributed by atoms with van der Waals surface area (Å²) >= 11 is 3.55. The van der Waals surface area contributed by atoms with Crippen LogP contribution in [0.4, 0.5) is 5.69 Å². The third kappa shape index (κ3) is 2.14. The number of halogens is 1. The Hall–Kier alpha value is -0.830. The maximum Gasteiger partial charge on any atom is 0.152 e. The first kappa shape index (κ1) is 11.6. The first-order chi connectivity index (χ1) is 7.50. The van der Waals surface area contributed by atoms with Crippen LogP contribution < -0.4 is 4.90 Å². The number of para-hydroxylation sites is 1. The molecule has 1 heterocycles. The third-order valence-electron chi connectivity index (χ3n) is 3.22.